The van der Waals surface area contributed by atoms with Crippen LogP contribution >= 0.6 is 0 Å². The number of nitrogens with one attached hydrogen (secondary N) is 2. The maximum absolute atomic E-state index is 10.3. The molecule has 2 aromatic heterocycles. The van der Waals surface area contributed by atoms with E-state index in [4.69, 9.17) is 16.5 Å². The van der Waals surface area contributed by atoms with Gasteiger partial charge in [0.15, 0.2) is 5.69 Å². The van der Waals surface area contributed by atoms with Gasteiger partial charge in [-0.05, 0) is 145 Å². The van der Waals surface area contributed by atoms with E-state index in [9.17, 15) is 10.5 Å². The molecule has 8 bridgehead atoms. The number of aromatic nitrogens is 4. The topological polar surface area (TPSA) is 109 Å². The summed E-state index contributed by atoms with van der Waals surface area (Å²) in [5.74, 6) is 0. The van der Waals surface area contributed by atoms with E-state index >= 15 is 0 Å². The van der Waals surface area contributed by atoms with Crippen molar-refractivity contribution >= 4 is 92.4 Å². The molecule has 0 unspecified atom stereocenters. The van der Waals surface area contributed by atoms with E-state index in [1.54, 1.807) is 0 Å². The van der Waals surface area contributed by atoms with E-state index in [0.717, 1.165) is 182 Å². The quantitative estimate of drug-likeness (QED) is 0.171. The van der Waals surface area contributed by atoms with Gasteiger partial charge in [-0.2, -0.15) is 10.5 Å². The van der Waals surface area contributed by atoms with E-state index in [-0.39, 0.29) is 0 Å². The van der Waals surface area contributed by atoms with Crippen molar-refractivity contribution in [3.8, 4) is 102 Å². The van der Waals surface area contributed by atoms with Crippen LogP contribution in [0.4, 0.5) is 5.69 Å². The Morgan fingerprint density at radius 2 is 0.586 bits per heavy atom. The molecule has 3 aliphatic rings. The van der Waals surface area contributed by atoms with Crippen molar-refractivity contribution in [2.24, 2.45) is 0 Å². The lowest BCUT2D eigenvalue weighted by Gasteiger charge is -2.11. The predicted octanol–water partition coefficient (Wildman–Crippen LogP) is 21.2. The molecule has 7 heteroatoms. The largest absolute Gasteiger partial charge is 0.353 e. The van der Waals surface area contributed by atoms with E-state index in [1.807, 2.05) is 48.5 Å². The molecule has 0 fully saturated rings. The van der Waals surface area contributed by atoms with Gasteiger partial charge in [-0.15, -0.1) is 0 Å². The monoisotopic (exact) mass is 1100 g/mol. The van der Waals surface area contributed by atoms with E-state index < -0.39 is 0 Å². The van der Waals surface area contributed by atoms with Crippen LogP contribution in [0.3, 0.4) is 0 Å². The number of hydrogen-bond donors (Lipinski definition) is 2. The summed E-state index contributed by atoms with van der Waals surface area (Å²) in [6, 6.07) is 89.7. The number of rotatable bonds is 4. The zero-order valence-corrected chi connectivity index (χ0v) is 46.8. The van der Waals surface area contributed by atoms with Crippen LogP contribution in [0.5, 0.6) is 0 Å². The lowest BCUT2D eigenvalue weighted by molar-refractivity contribution is 1.39. The van der Waals surface area contributed by atoms with Crippen LogP contribution in [0.1, 0.15) is 16.7 Å². The molecule has 7 nitrogen and oxygen atoms in total. The number of fused-ring (bicyclic) bond motifs is 4. The number of nitrogens with zero attached hydrogens (tertiary/aromatic N) is 5. The third-order valence-corrected chi connectivity index (χ3v) is 17.8. The molecule has 0 amide bonds. The zero-order chi connectivity index (χ0) is 58.0. The fourth-order valence-corrected chi connectivity index (χ4v) is 13.6. The van der Waals surface area contributed by atoms with Crippen molar-refractivity contribution < 1.29 is 0 Å². The minimum atomic E-state index is 0.525. The third kappa shape index (κ3) is 7.73. The van der Waals surface area contributed by atoms with Gasteiger partial charge in [-0.3, -0.25) is 0 Å². The summed E-state index contributed by atoms with van der Waals surface area (Å²) in [5.41, 5.74) is 20.2. The molecule has 0 saturated heterocycles. The highest BCUT2D eigenvalue weighted by molar-refractivity contribution is 6.25. The van der Waals surface area contributed by atoms with Gasteiger partial charge in [0.1, 0.15) is 0 Å². The van der Waals surface area contributed by atoms with Gasteiger partial charge < -0.3 is 9.97 Å². The fourth-order valence-electron chi connectivity index (χ4n) is 13.6. The van der Waals surface area contributed by atoms with Gasteiger partial charge in [0.25, 0.3) is 0 Å². The summed E-state index contributed by atoms with van der Waals surface area (Å²) < 4.78 is 0. The Labute approximate surface area is 499 Å². The number of benzene rings is 12. The first kappa shape index (κ1) is 49.4. The van der Waals surface area contributed by atoms with Crippen LogP contribution in [0, 0.1) is 36.2 Å². The molecule has 2 N–H and O–H groups in total. The van der Waals surface area contributed by atoms with Crippen LogP contribution < -0.4 is 0 Å². The molecule has 14 aromatic rings. The molecule has 17 rings (SSSR count). The van der Waals surface area contributed by atoms with Crippen molar-refractivity contribution in [2.75, 3.05) is 0 Å². The number of nitriles is 2. The minimum absolute atomic E-state index is 0.525. The zero-order valence-electron chi connectivity index (χ0n) is 46.8. The van der Waals surface area contributed by atoms with Gasteiger partial charge in [-0.25, -0.2) is 14.8 Å². The Morgan fingerprint density at radius 3 is 0.851 bits per heavy atom. The van der Waals surface area contributed by atoms with Crippen molar-refractivity contribution in [3.05, 3.63) is 271 Å². The first-order chi connectivity index (χ1) is 42.9. The van der Waals surface area contributed by atoms with Crippen molar-refractivity contribution in [2.45, 2.75) is 6.92 Å². The predicted molar refractivity (Wildman–Crippen MR) is 357 cm³/mol. The first-order valence-corrected chi connectivity index (χ1v) is 29.0. The van der Waals surface area contributed by atoms with Crippen molar-refractivity contribution in [1.29, 1.82) is 10.5 Å². The summed E-state index contributed by atoms with van der Waals surface area (Å²) in [5, 5.41) is 33.2. The molecule has 12 aromatic carbocycles. The van der Waals surface area contributed by atoms with E-state index in [1.165, 1.54) is 0 Å². The van der Waals surface area contributed by atoms with Crippen LogP contribution in [0.15, 0.2) is 243 Å². The average Bonchev–Trinajstić information content (AvgIpc) is 1.63. The van der Waals surface area contributed by atoms with Gasteiger partial charge in [0.2, 0.25) is 0 Å². The Morgan fingerprint density at radius 1 is 0.333 bits per heavy atom. The number of hydrogen-bond acceptors (Lipinski definition) is 4. The lowest BCUT2D eigenvalue weighted by atomic mass is 9.91. The SMILES string of the molecule is [C-]#[N+]c1ccc(-c2c3nc(c(-c4ccc(C#N)cc4)c4[nH]c(c(-c5ccc(C)cc5)c5nc(c(-c6ccc(C#N)cc6)c6[nH]c2c2cc7ccccc7cc62)-c2cc6ccccc6cc2-5)c2cc5ccccc5cc42)-c2cc4ccccc4cc2-3)cc1. The molecule has 1 aliphatic carbocycles. The maximum atomic E-state index is 10.3. The molecule has 2 aliphatic heterocycles. The highest BCUT2D eigenvalue weighted by atomic mass is 14.8. The molecule has 400 valence electrons. The van der Waals surface area contributed by atoms with Crippen LogP contribution in [0.2, 0.25) is 0 Å². The Balaban J connectivity index is 1.22. The highest BCUT2D eigenvalue weighted by Gasteiger charge is 2.31. The second-order valence-electron chi connectivity index (χ2n) is 22.8. The third-order valence-electron chi connectivity index (χ3n) is 17.8. The molecule has 0 radical (unpaired) electrons. The van der Waals surface area contributed by atoms with E-state index in [0.29, 0.717) is 16.8 Å². The Hall–Kier alpha value is -12.2. The maximum Gasteiger partial charge on any atom is 0.187 e. The molecule has 4 heterocycles. The van der Waals surface area contributed by atoms with E-state index in [2.05, 4.69) is 228 Å². The Kier molecular flexibility index (Phi) is 10.9. The molecular weight excluding hydrogens is 1060 g/mol. The standard InChI is InChI=1S/C80H45N7/c1-45-19-25-48(26-20-45)69-73-61-35-52-11-3-5-13-54(52)37-63(61)75(84-73)70(49-27-21-46(43-81)22-28-49)77-65-39-56-15-7-9-17-58(56)41-67(65)79(86-77)72(51-31-33-60(83-2)34-32-51)80-68-42-59-18-10-8-16-57(59)40-66(68)78(87-80)71(50-29-23-47(44-82)24-30-50)76-64-38-55-14-6-4-12-53(55)36-62(64)74(69)85-76/h3-42,84,87H,1H3. The van der Waals surface area contributed by atoms with Gasteiger partial charge >= 0.3 is 0 Å². The minimum Gasteiger partial charge on any atom is -0.353 e. The van der Waals surface area contributed by atoms with Gasteiger partial charge in [-0.1, -0.05) is 175 Å². The van der Waals surface area contributed by atoms with Crippen LogP contribution in [0.25, 0.3) is 181 Å². The summed E-state index contributed by atoms with van der Waals surface area (Å²) in [4.78, 5) is 24.6. The lowest BCUT2D eigenvalue weighted by Crippen LogP contribution is -1.88. The smallest absolute Gasteiger partial charge is 0.187 e. The summed E-state index contributed by atoms with van der Waals surface area (Å²) in [6.07, 6.45) is 0. The first-order valence-electron chi connectivity index (χ1n) is 29.0. The number of aromatic amines is 2. The molecular formula is C80H45N7. The average molecular weight is 1100 g/mol. The van der Waals surface area contributed by atoms with Crippen LogP contribution in [-0.4, -0.2) is 19.9 Å². The highest BCUT2D eigenvalue weighted by Crippen LogP contribution is 2.54. The molecule has 0 saturated carbocycles. The molecule has 0 atom stereocenters. The molecule has 87 heavy (non-hydrogen) atoms. The fraction of sp³-hybridized carbons (Fsp3) is 0.0125. The van der Waals surface area contributed by atoms with Gasteiger partial charge in [0.05, 0.1) is 74.7 Å². The number of aryl methyl sites for hydroxylation is 1. The second-order valence-corrected chi connectivity index (χ2v) is 22.8. The van der Waals surface area contributed by atoms with Gasteiger partial charge in [0, 0.05) is 66.1 Å². The normalized spacial score (nSPS) is 11.7. The summed E-state index contributed by atoms with van der Waals surface area (Å²) in [6.45, 7) is 10.2. The second kappa shape index (κ2) is 19.2. The Bertz CT molecular complexity index is 5770. The summed E-state index contributed by atoms with van der Waals surface area (Å²) >= 11 is 0. The molecule has 0 spiro atoms. The van der Waals surface area contributed by atoms with Crippen molar-refractivity contribution in [1.82, 2.24) is 19.9 Å². The van der Waals surface area contributed by atoms with Crippen LogP contribution in [-0.2, 0) is 0 Å². The van der Waals surface area contributed by atoms with Crippen molar-refractivity contribution in [3.63, 3.8) is 0 Å². The summed E-state index contributed by atoms with van der Waals surface area (Å²) in [7, 11) is 0. The number of H-pyrrole nitrogens is 2.